The Hall–Kier alpha value is -2.62. The van der Waals surface area contributed by atoms with Gasteiger partial charge in [-0.25, -0.2) is 13.6 Å². The molecule has 0 saturated heterocycles. The zero-order valence-corrected chi connectivity index (χ0v) is 12.1. The number of hydrogen-bond acceptors (Lipinski definition) is 5. The predicted octanol–water partition coefficient (Wildman–Crippen LogP) is 1.15. The Morgan fingerprint density at radius 3 is 2.70 bits per heavy atom. The van der Waals surface area contributed by atoms with Crippen molar-refractivity contribution in [1.29, 1.82) is 0 Å². The van der Waals surface area contributed by atoms with E-state index < -0.39 is 30.8 Å². The molecule has 0 bridgehead atoms. The molecule has 0 fully saturated rings. The van der Waals surface area contributed by atoms with E-state index in [0.29, 0.717) is 0 Å². The highest BCUT2D eigenvalue weighted by atomic mass is 35.5. The van der Waals surface area contributed by atoms with E-state index in [-0.39, 0.29) is 16.3 Å². The van der Waals surface area contributed by atoms with Gasteiger partial charge in [-0.3, -0.25) is 4.79 Å². The first-order valence-corrected chi connectivity index (χ1v) is 6.61. The van der Waals surface area contributed by atoms with Crippen LogP contribution in [0.15, 0.2) is 24.5 Å². The standard InChI is InChI=1S/C12H10ClF2N5O3/c13-6-1-2-9(20-5-16-18-19-20)7(3-6)11(21)17-8(12(22)23)4-10(14)15/h1-3,5,8,10H,4H2,(H,17,21)(H,22,23). The number of hydrogen-bond donors (Lipinski definition) is 2. The van der Waals surface area contributed by atoms with Crippen molar-refractivity contribution in [3.8, 4) is 5.69 Å². The number of halogens is 3. The van der Waals surface area contributed by atoms with Crippen LogP contribution in [0.3, 0.4) is 0 Å². The van der Waals surface area contributed by atoms with E-state index in [2.05, 4.69) is 15.5 Å². The molecule has 11 heteroatoms. The third kappa shape index (κ3) is 4.19. The Balaban J connectivity index is 2.31. The number of benzene rings is 1. The van der Waals surface area contributed by atoms with Crippen LogP contribution in [0.25, 0.3) is 5.69 Å². The van der Waals surface area contributed by atoms with Crippen molar-refractivity contribution in [3.05, 3.63) is 35.1 Å². The Morgan fingerprint density at radius 1 is 1.39 bits per heavy atom. The summed E-state index contributed by atoms with van der Waals surface area (Å²) >= 11 is 5.83. The largest absolute Gasteiger partial charge is 0.480 e. The van der Waals surface area contributed by atoms with Gasteiger partial charge in [-0.1, -0.05) is 11.6 Å². The minimum absolute atomic E-state index is 0.0506. The number of nitrogens with one attached hydrogen (secondary N) is 1. The number of carbonyl (C=O) groups excluding carboxylic acids is 1. The smallest absolute Gasteiger partial charge is 0.326 e. The lowest BCUT2D eigenvalue weighted by atomic mass is 10.1. The summed E-state index contributed by atoms with van der Waals surface area (Å²) < 4.78 is 26.0. The molecule has 1 amide bonds. The van der Waals surface area contributed by atoms with Crippen LogP contribution in [0.1, 0.15) is 16.8 Å². The number of aromatic nitrogens is 4. The molecule has 1 heterocycles. The van der Waals surface area contributed by atoms with Crippen molar-refractivity contribution < 1.29 is 23.5 Å². The van der Waals surface area contributed by atoms with Gasteiger partial charge in [-0.05, 0) is 28.6 Å². The van der Waals surface area contributed by atoms with Gasteiger partial charge in [-0.2, -0.15) is 4.68 Å². The van der Waals surface area contributed by atoms with Crippen LogP contribution in [0.5, 0.6) is 0 Å². The molecule has 2 N–H and O–H groups in total. The van der Waals surface area contributed by atoms with Gasteiger partial charge in [0.2, 0.25) is 6.43 Å². The lowest BCUT2D eigenvalue weighted by Crippen LogP contribution is -2.42. The number of alkyl halides is 2. The lowest BCUT2D eigenvalue weighted by Gasteiger charge is -2.15. The minimum Gasteiger partial charge on any atom is -0.480 e. The summed E-state index contributed by atoms with van der Waals surface area (Å²) in [6.07, 6.45) is -2.68. The van der Waals surface area contributed by atoms with Crippen LogP contribution >= 0.6 is 11.6 Å². The van der Waals surface area contributed by atoms with Crippen molar-refractivity contribution >= 4 is 23.5 Å². The average Bonchev–Trinajstić information content (AvgIpc) is 2.99. The van der Waals surface area contributed by atoms with Crippen LogP contribution < -0.4 is 5.32 Å². The maximum Gasteiger partial charge on any atom is 0.326 e. The molecule has 1 unspecified atom stereocenters. The van der Waals surface area contributed by atoms with E-state index in [1.807, 2.05) is 5.32 Å². The fourth-order valence-corrected chi connectivity index (χ4v) is 1.97. The molecule has 0 saturated carbocycles. The van der Waals surface area contributed by atoms with Crippen molar-refractivity contribution in [1.82, 2.24) is 25.5 Å². The molecule has 2 aromatic rings. The van der Waals surface area contributed by atoms with Crippen molar-refractivity contribution in [2.75, 3.05) is 0 Å². The normalized spacial score (nSPS) is 12.2. The van der Waals surface area contributed by atoms with Crippen LogP contribution in [0, 0.1) is 0 Å². The zero-order chi connectivity index (χ0) is 17.0. The highest BCUT2D eigenvalue weighted by Gasteiger charge is 2.26. The quantitative estimate of drug-likeness (QED) is 0.812. The van der Waals surface area contributed by atoms with E-state index in [4.69, 9.17) is 16.7 Å². The van der Waals surface area contributed by atoms with Gasteiger partial charge in [0.25, 0.3) is 5.91 Å². The fourth-order valence-electron chi connectivity index (χ4n) is 1.80. The number of amides is 1. The summed E-state index contributed by atoms with van der Waals surface area (Å²) in [6.45, 7) is 0. The molecule has 1 aromatic heterocycles. The minimum atomic E-state index is -2.88. The van der Waals surface area contributed by atoms with Crippen LogP contribution in [-0.4, -0.2) is 49.7 Å². The van der Waals surface area contributed by atoms with E-state index in [1.165, 1.54) is 24.5 Å². The topological polar surface area (TPSA) is 110 Å². The first kappa shape index (κ1) is 16.7. The highest BCUT2D eigenvalue weighted by molar-refractivity contribution is 6.31. The third-order valence-corrected chi connectivity index (χ3v) is 3.05. The van der Waals surface area contributed by atoms with E-state index in [9.17, 15) is 18.4 Å². The zero-order valence-electron chi connectivity index (χ0n) is 11.4. The Kier molecular flexibility index (Phi) is 5.16. The lowest BCUT2D eigenvalue weighted by molar-refractivity contribution is -0.140. The van der Waals surface area contributed by atoms with E-state index >= 15 is 0 Å². The summed E-state index contributed by atoms with van der Waals surface area (Å²) in [4.78, 5) is 23.2. The molecule has 0 aliphatic carbocycles. The monoisotopic (exact) mass is 345 g/mol. The van der Waals surface area contributed by atoms with E-state index in [0.717, 1.165) is 4.68 Å². The van der Waals surface area contributed by atoms with Gasteiger partial charge in [0, 0.05) is 11.4 Å². The number of carboxylic acids is 1. The number of nitrogens with zero attached hydrogens (tertiary/aromatic N) is 4. The number of tetrazole rings is 1. The van der Waals surface area contributed by atoms with Gasteiger partial charge < -0.3 is 10.4 Å². The van der Waals surface area contributed by atoms with Crippen molar-refractivity contribution in [2.45, 2.75) is 18.9 Å². The maximum absolute atomic E-state index is 12.4. The molecule has 122 valence electrons. The Labute approximate surface area is 133 Å². The van der Waals surface area contributed by atoms with Crippen molar-refractivity contribution in [2.24, 2.45) is 0 Å². The molecular formula is C12H10ClF2N5O3. The van der Waals surface area contributed by atoms with Gasteiger partial charge >= 0.3 is 5.97 Å². The van der Waals surface area contributed by atoms with Crippen LogP contribution in [0.2, 0.25) is 5.02 Å². The van der Waals surface area contributed by atoms with Crippen LogP contribution in [0.4, 0.5) is 8.78 Å². The second kappa shape index (κ2) is 7.09. The number of carboxylic acid groups (broad SMARTS) is 1. The van der Waals surface area contributed by atoms with Gasteiger partial charge in [0.15, 0.2) is 0 Å². The molecule has 23 heavy (non-hydrogen) atoms. The molecule has 0 aliphatic heterocycles. The number of aliphatic carboxylic acids is 1. The SMILES string of the molecule is O=C(NC(CC(F)F)C(=O)O)c1cc(Cl)ccc1-n1cnnn1. The van der Waals surface area contributed by atoms with E-state index in [1.54, 1.807) is 0 Å². The summed E-state index contributed by atoms with van der Waals surface area (Å²) in [6, 6.07) is 2.44. The van der Waals surface area contributed by atoms with Gasteiger partial charge in [0.05, 0.1) is 11.3 Å². The summed E-state index contributed by atoms with van der Waals surface area (Å²) in [5, 5.41) is 21.6. The molecular weight excluding hydrogens is 336 g/mol. The van der Waals surface area contributed by atoms with Crippen LogP contribution in [-0.2, 0) is 4.79 Å². The Bertz CT molecular complexity index is 711. The summed E-state index contributed by atoms with van der Waals surface area (Å²) in [7, 11) is 0. The van der Waals surface area contributed by atoms with Gasteiger partial charge in [-0.15, -0.1) is 5.10 Å². The number of carbonyl (C=O) groups is 2. The molecule has 2 rings (SSSR count). The molecule has 8 nitrogen and oxygen atoms in total. The highest BCUT2D eigenvalue weighted by Crippen LogP contribution is 2.19. The van der Waals surface area contributed by atoms with Gasteiger partial charge in [0.1, 0.15) is 12.4 Å². The predicted molar refractivity (Wildman–Crippen MR) is 73.7 cm³/mol. The van der Waals surface area contributed by atoms with Crippen molar-refractivity contribution in [3.63, 3.8) is 0 Å². The fraction of sp³-hybridized carbons (Fsp3) is 0.250. The molecule has 0 spiro atoms. The molecule has 0 radical (unpaired) electrons. The summed E-state index contributed by atoms with van der Waals surface area (Å²) in [5.41, 5.74) is 0.170. The number of rotatable bonds is 6. The summed E-state index contributed by atoms with van der Waals surface area (Å²) in [5.74, 6) is -2.45. The second-order valence-electron chi connectivity index (χ2n) is 4.41. The first-order valence-electron chi connectivity index (χ1n) is 6.23. The maximum atomic E-state index is 12.4. The third-order valence-electron chi connectivity index (χ3n) is 2.82. The molecule has 1 aromatic carbocycles. The first-order chi connectivity index (χ1) is 10.9. The molecule has 0 aliphatic rings. The average molecular weight is 346 g/mol. The second-order valence-corrected chi connectivity index (χ2v) is 4.84. The Morgan fingerprint density at radius 2 is 2.13 bits per heavy atom. The molecule has 1 atom stereocenters.